The summed E-state index contributed by atoms with van der Waals surface area (Å²) in [6.07, 6.45) is 7.20. The molecule has 0 spiro atoms. The number of aromatic nitrogens is 1. The lowest BCUT2D eigenvalue weighted by atomic mass is 9.99. The quantitative estimate of drug-likeness (QED) is 0.722. The zero-order valence-electron chi connectivity index (χ0n) is 16.7. The minimum Gasteiger partial charge on any atom is -0.360 e. The lowest BCUT2D eigenvalue weighted by molar-refractivity contribution is 0.0900. The Labute approximate surface area is 171 Å². The third-order valence-electron chi connectivity index (χ3n) is 6.97. The number of nitrogens with one attached hydrogen (secondary N) is 2. The highest BCUT2D eigenvalue weighted by Crippen LogP contribution is 2.41. The molecule has 160 valence electrons. The van der Waals surface area contributed by atoms with Gasteiger partial charge in [-0.2, -0.15) is 4.31 Å². The number of amides is 1. The van der Waals surface area contributed by atoms with E-state index in [0.29, 0.717) is 24.5 Å². The van der Waals surface area contributed by atoms with Gasteiger partial charge >= 0.3 is 0 Å². The average molecular weight is 423 g/mol. The Balaban J connectivity index is 1.20. The van der Waals surface area contributed by atoms with Gasteiger partial charge in [-0.1, -0.05) is 5.16 Å². The summed E-state index contributed by atoms with van der Waals surface area (Å²) in [4.78, 5) is 12.6. The first-order chi connectivity index (χ1) is 14.0. The Bertz CT molecular complexity index is 846. The van der Waals surface area contributed by atoms with E-state index < -0.39 is 10.0 Å². The first-order valence-electron chi connectivity index (χ1n) is 11.0. The van der Waals surface area contributed by atoms with Crippen molar-refractivity contribution in [1.82, 2.24) is 20.1 Å². The lowest BCUT2D eigenvalue weighted by Crippen LogP contribution is -2.53. The van der Waals surface area contributed by atoms with E-state index in [-0.39, 0.29) is 35.7 Å². The average Bonchev–Trinajstić information content (AvgIpc) is 3.34. The van der Waals surface area contributed by atoms with Crippen LogP contribution in [0.5, 0.6) is 0 Å². The molecule has 4 aliphatic rings. The summed E-state index contributed by atoms with van der Waals surface area (Å²) in [5, 5.41) is 10.3. The fourth-order valence-electron chi connectivity index (χ4n) is 5.35. The minimum atomic E-state index is -3.26. The predicted octanol–water partition coefficient (Wildman–Crippen LogP) is 1.61. The summed E-state index contributed by atoms with van der Waals surface area (Å²) < 4.78 is 33.3. The van der Waals surface area contributed by atoms with E-state index in [2.05, 4.69) is 15.8 Å². The highest BCUT2D eigenvalue weighted by Gasteiger charge is 2.47. The zero-order valence-corrected chi connectivity index (χ0v) is 17.5. The van der Waals surface area contributed by atoms with E-state index in [0.717, 1.165) is 57.4 Å². The van der Waals surface area contributed by atoms with Crippen LogP contribution in [0.15, 0.2) is 10.6 Å². The number of sulfonamides is 1. The number of carbonyl (C=O) groups excluding carboxylic acids is 1. The Hall–Kier alpha value is -1.45. The second-order valence-electron chi connectivity index (χ2n) is 9.22. The van der Waals surface area contributed by atoms with Crippen LogP contribution in [0.4, 0.5) is 0 Å². The summed E-state index contributed by atoms with van der Waals surface area (Å²) in [5.41, 5.74) is 0.334. The zero-order chi connectivity index (χ0) is 20.0. The number of fused-ring (bicyclic) bond motifs is 2. The molecule has 5 rings (SSSR count). The van der Waals surface area contributed by atoms with E-state index >= 15 is 0 Å². The van der Waals surface area contributed by atoms with Crippen LogP contribution in [0.3, 0.4) is 0 Å². The Kier molecular flexibility index (Phi) is 5.16. The minimum absolute atomic E-state index is 0.00472. The van der Waals surface area contributed by atoms with Crippen LogP contribution in [-0.2, 0) is 10.0 Å². The van der Waals surface area contributed by atoms with Crippen molar-refractivity contribution in [3.63, 3.8) is 0 Å². The van der Waals surface area contributed by atoms with E-state index in [1.165, 1.54) is 0 Å². The normalized spacial score (nSPS) is 31.1. The maximum absolute atomic E-state index is 13.1. The number of carbonyl (C=O) groups is 1. The van der Waals surface area contributed by atoms with Gasteiger partial charge in [-0.15, -0.1) is 0 Å². The van der Waals surface area contributed by atoms with E-state index in [1.54, 1.807) is 10.4 Å². The highest BCUT2D eigenvalue weighted by molar-refractivity contribution is 7.89. The van der Waals surface area contributed by atoms with Gasteiger partial charge in [0.2, 0.25) is 10.0 Å². The molecule has 29 heavy (non-hydrogen) atoms. The second-order valence-corrected chi connectivity index (χ2v) is 11.1. The van der Waals surface area contributed by atoms with E-state index in [1.807, 2.05) is 0 Å². The smallest absolute Gasteiger partial charge is 0.273 e. The SMILES string of the molecule is O=C(N[C@H]1C[C@H]2CC[C@@H](C1)N2S(=O)(=O)CC1CCNCC1)c1cc(C2CC2)on1. The molecule has 2 bridgehead atoms. The molecule has 2 N–H and O–H groups in total. The van der Waals surface area contributed by atoms with Crippen molar-refractivity contribution < 1.29 is 17.7 Å². The Morgan fingerprint density at radius 3 is 2.48 bits per heavy atom. The van der Waals surface area contributed by atoms with Gasteiger partial charge in [0, 0.05) is 30.1 Å². The summed E-state index contributed by atoms with van der Waals surface area (Å²) in [6.45, 7) is 1.82. The van der Waals surface area contributed by atoms with Crippen molar-refractivity contribution in [2.45, 2.75) is 75.4 Å². The molecule has 0 aromatic carbocycles. The van der Waals surface area contributed by atoms with Crippen molar-refractivity contribution >= 4 is 15.9 Å². The molecule has 3 saturated heterocycles. The van der Waals surface area contributed by atoms with E-state index in [4.69, 9.17) is 4.52 Å². The van der Waals surface area contributed by atoms with Gasteiger partial charge in [0.15, 0.2) is 5.69 Å². The third kappa shape index (κ3) is 4.09. The van der Waals surface area contributed by atoms with Gasteiger partial charge in [-0.05, 0) is 70.4 Å². The van der Waals surface area contributed by atoms with Crippen LogP contribution in [0.25, 0.3) is 0 Å². The first-order valence-corrected chi connectivity index (χ1v) is 12.6. The molecule has 4 fully saturated rings. The molecule has 1 aliphatic carbocycles. The molecule has 0 radical (unpaired) electrons. The van der Waals surface area contributed by atoms with Crippen LogP contribution in [0.2, 0.25) is 0 Å². The van der Waals surface area contributed by atoms with Crippen molar-refractivity contribution in [3.8, 4) is 0 Å². The van der Waals surface area contributed by atoms with Gasteiger partial charge in [0.1, 0.15) is 5.76 Å². The summed E-state index contributed by atoms with van der Waals surface area (Å²) in [7, 11) is -3.26. The van der Waals surface area contributed by atoms with Gasteiger partial charge < -0.3 is 15.2 Å². The predicted molar refractivity (Wildman–Crippen MR) is 107 cm³/mol. The van der Waals surface area contributed by atoms with Crippen LogP contribution < -0.4 is 10.6 Å². The first kappa shape index (κ1) is 19.5. The van der Waals surface area contributed by atoms with Crippen molar-refractivity contribution in [3.05, 3.63) is 17.5 Å². The standard InChI is InChI=1S/C20H30N4O4S/c25-20(18-11-19(28-23-18)14-1-2-14)22-15-9-16-3-4-17(10-15)24(16)29(26,27)12-13-5-7-21-8-6-13/h11,13-17,21H,1-10,12H2,(H,22,25)/t15-,16+,17-. The molecule has 3 atom stereocenters. The maximum Gasteiger partial charge on any atom is 0.273 e. The number of nitrogens with zero attached hydrogens (tertiary/aromatic N) is 2. The molecule has 9 heteroatoms. The van der Waals surface area contributed by atoms with Crippen LogP contribution in [0.1, 0.15) is 73.5 Å². The largest absolute Gasteiger partial charge is 0.360 e. The molecule has 4 heterocycles. The van der Waals surface area contributed by atoms with Crippen molar-refractivity contribution in [2.24, 2.45) is 5.92 Å². The topological polar surface area (TPSA) is 105 Å². The molecular weight excluding hydrogens is 392 g/mol. The summed E-state index contributed by atoms with van der Waals surface area (Å²) in [6, 6.07) is 1.75. The molecule has 1 saturated carbocycles. The molecular formula is C20H30N4O4S. The number of hydrogen-bond acceptors (Lipinski definition) is 6. The van der Waals surface area contributed by atoms with Crippen molar-refractivity contribution in [1.29, 1.82) is 0 Å². The molecule has 8 nitrogen and oxygen atoms in total. The summed E-state index contributed by atoms with van der Waals surface area (Å²) in [5.74, 6) is 1.53. The molecule has 1 aromatic rings. The Morgan fingerprint density at radius 1 is 1.14 bits per heavy atom. The molecule has 3 aliphatic heterocycles. The molecule has 0 unspecified atom stereocenters. The lowest BCUT2D eigenvalue weighted by Gasteiger charge is -2.39. The van der Waals surface area contributed by atoms with Gasteiger partial charge in [-0.3, -0.25) is 4.79 Å². The fourth-order valence-corrected chi connectivity index (χ4v) is 7.75. The highest BCUT2D eigenvalue weighted by atomic mass is 32.2. The van der Waals surface area contributed by atoms with Gasteiger partial charge in [0.05, 0.1) is 5.75 Å². The fraction of sp³-hybridized carbons (Fsp3) is 0.800. The van der Waals surface area contributed by atoms with Gasteiger partial charge in [-0.25, -0.2) is 8.42 Å². The summed E-state index contributed by atoms with van der Waals surface area (Å²) >= 11 is 0. The van der Waals surface area contributed by atoms with Crippen LogP contribution in [0, 0.1) is 5.92 Å². The van der Waals surface area contributed by atoms with Crippen molar-refractivity contribution in [2.75, 3.05) is 18.8 Å². The number of piperidine rings is 2. The van der Waals surface area contributed by atoms with Gasteiger partial charge in [0.25, 0.3) is 5.91 Å². The third-order valence-corrected chi connectivity index (χ3v) is 9.10. The number of rotatable bonds is 6. The van der Waals surface area contributed by atoms with Crippen LogP contribution >= 0.6 is 0 Å². The molecule has 1 aromatic heterocycles. The number of hydrogen-bond donors (Lipinski definition) is 2. The maximum atomic E-state index is 13.1. The Morgan fingerprint density at radius 2 is 1.83 bits per heavy atom. The van der Waals surface area contributed by atoms with Crippen LogP contribution in [-0.4, -0.2) is 60.8 Å². The monoisotopic (exact) mass is 422 g/mol. The second kappa shape index (κ2) is 7.67. The molecule has 1 amide bonds. The van der Waals surface area contributed by atoms with E-state index in [9.17, 15) is 13.2 Å².